The Morgan fingerprint density at radius 2 is 1.80 bits per heavy atom. The van der Waals surface area contributed by atoms with Crippen LogP contribution in [-0.2, 0) is 10.2 Å². The number of phenols is 1. The molecule has 0 heterocycles. The van der Waals surface area contributed by atoms with E-state index in [0.717, 1.165) is 18.4 Å². The van der Waals surface area contributed by atoms with Gasteiger partial charge in [-0.05, 0) is 37.5 Å². The van der Waals surface area contributed by atoms with Crippen LogP contribution in [-0.4, -0.2) is 11.0 Å². The van der Waals surface area contributed by atoms with Crippen molar-refractivity contribution in [2.75, 3.05) is 5.32 Å². The Kier molecular flexibility index (Phi) is 2.97. The minimum absolute atomic E-state index is 0.0115. The summed E-state index contributed by atoms with van der Waals surface area (Å²) in [5, 5.41) is 12.7. The molecule has 0 bridgehead atoms. The van der Waals surface area contributed by atoms with E-state index in [2.05, 4.69) is 5.32 Å². The molecule has 0 saturated heterocycles. The highest BCUT2D eigenvalue weighted by Gasteiger charge is 2.51. The molecule has 0 radical (unpaired) electrons. The number of hydrogen-bond acceptors (Lipinski definition) is 2. The average Bonchev–Trinajstić information content (AvgIpc) is 3.26. The predicted molar refractivity (Wildman–Crippen MR) is 78.8 cm³/mol. The maximum absolute atomic E-state index is 12.6. The van der Waals surface area contributed by atoms with Crippen LogP contribution in [0.1, 0.15) is 24.0 Å². The van der Waals surface area contributed by atoms with Gasteiger partial charge in [0.2, 0.25) is 5.91 Å². The van der Waals surface area contributed by atoms with Gasteiger partial charge in [0, 0.05) is 11.3 Å². The van der Waals surface area contributed by atoms with E-state index in [9.17, 15) is 9.90 Å². The van der Waals surface area contributed by atoms with Crippen molar-refractivity contribution in [3.63, 3.8) is 0 Å². The number of phenolic OH excluding ortho intramolecular Hbond substituents is 1. The molecule has 0 aromatic heterocycles. The molecular weight excluding hydrogens is 250 g/mol. The van der Waals surface area contributed by atoms with Crippen molar-refractivity contribution in [2.24, 2.45) is 0 Å². The molecular formula is C17H17NO2. The quantitative estimate of drug-likeness (QED) is 0.895. The van der Waals surface area contributed by atoms with E-state index in [1.54, 1.807) is 19.1 Å². The van der Waals surface area contributed by atoms with E-state index in [4.69, 9.17) is 0 Å². The number of aromatic hydroxyl groups is 1. The van der Waals surface area contributed by atoms with Crippen LogP contribution in [0.25, 0.3) is 0 Å². The maximum atomic E-state index is 12.6. The first-order valence-electron chi connectivity index (χ1n) is 6.79. The molecule has 0 atom stereocenters. The number of carbonyl (C=O) groups is 1. The Bertz CT molecular complexity index is 645. The topological polar surface area (TPSA) is 49.3 Å². The zero-order valence-corrected chi connectivity index (χ0v) is 11.4. The summed E-state index contributed by atoms with van der Waals surface area (Å²) in [6.07, 6.45) is 1.75. The third kappa shape index (κ3) is 2.05. The first kappa shape index (κ1) is 12.7. The van der Waals surface area contributed by atoms with Gasteiger partial charge in [-0.15, -0.1) is 0 Å². The summed E-state index contributed by atoms with van der Waals surface area (Å²) in [6.45, 7) is 1.80. The molecule has 20 heavy (non-hydrogen) atoms. The van der Waals surface area contributed by atoms with Crippen LogP contribution in [0.5, 0.6) is 5.75 Å². The molecule has 2 aromatic carbocycles. The monoisotopic (exact) mass is 267 g/mol. The molecule has 2 N–H and O–H groups in total. The molecule has 1 amide bonds. The second kappa shape index (κ2) is 4.67. The summed E-state index contributed by atoms with van der Waals surface area (Å²) >= 11 is 0. The average molecular weight is 267 g/mol. The normalized spacial score (nSPS) is 15.7. The van der Waals surface area contributed by atoms with E-state index in [1.807, 2.05) is 36.4 Å². The zero-order chi connectivity index (χ0) is 14.2. The minimum atomic E-state index is -0.390. The van der Waals surface area contributed by atoms with Crippen LogP contribution in [0.2, 0.25) is 0 Å². The fourth-order valence-corrected chi connectivity index (χ4v) is 2.53. The van der Waals surface area contributed by atoms with Crippen LogP contribution in [0.15, 0.2) is 48.5 Å². The van der Waals surface area contributed by atoms with Gasteiger partial charge in [0.1, 0.15) is 5.75 Å². The first-order chi connectivity index (χ1) is 9.63. The van der Waals surface area contributed by atoms with Gasteiger partial charge in [0.25, 0.3) is 0 Å². The summed E-state index contributed by atoms with van der Waals surface area (Å²) in [5.41, 5.74) is 2.05. The molecule has 102 valence electrons. The molecule has 0 spiro atoms. The van der Waals surface area contributed by atoms with Gasteiger partial charge in [-0.25, -0.2) is 0 Å². The lowest BCUT2D eigenvalue weighted by atomic mass is 9.95. The van der Waals surface area contributed by atoms with Crippen LogP contribution in [0.3, 0.4) is 0 Å². The van der Waals surface area contributed by atoms with Crippen LogP contribution in [0, 0.1) is 6.92 Å². The highest BCUT2D eigenvalue weighted by molar-refractivity contribution is 6.02. The fraction of sp³-hybridized carbons (Fsp3) is 0.235. The number of hydrogen-bond donors (Lipinski definition) is 2. The van der Waals surface area contributed by atoms with Crippen molar-refractivity contribution in [1.29, 1.82) is 0 Å². The molecule has 3 heteroatoms. The lowest BCUT2D eigenvalue weighted by Crippen LogP contribution is -2.28. The lowest BCUT2D eigenvalue weighted by molar-refractivity contribution is -0.118. The van der Waals surface area contributed by atoms with Crippen molar-refractivity contribution in [3.8, 4) is 5.75 Å². The number of carbonyl (C=O) groups excluding carboxylic acids is 1. The molecule has 1 aliphatic rings. The molecule has 1 saturated carbocycles. The number of amides is 1. The summed E-state index contributed by atoms with van der Waals surface area (Å²) < 4.78 is 0. The highest BCUT2D eigenvalue weighted by atomic mass is 16.3. The molecule has 3 nitrogen and oxygen atoms in total. The number of rotatable bonds is 3. The Labute approximate surface area is 118 Å². The molecule has 0 aliphatic heterocycles. The molecule has 1 fully saturated rings. The summed E-state index contributed by atoms with van der Waals surface area (Å²) in [4.78, 5) is 12.6. The van der Waals surface area contributed by atoms with Gasteiger partial charge in [-0.3, -0.25) is 4.79 Å². The second-order valence-electron chi connectivity index (χ2n) is 5.35. The van der Waals surface area contributed by atoms with Crippen LogP contribution < -0.4 is 5.32 Å². The third-order valence-electron chi connectivity index (χ3n) is 4.06. The Hall–Kier alpha value is -2.29. The van der Waals surface area contributed by atoms with Crippen LogP contribution >= 0.6 is 0 Å². The molecule has 1 aliphatic carbocycles. The Morgan fingerprint density at radius 3 is 2.45 bits per heavy atom. The van der Waals surface area contributed by atoms with Crippen molar-refractivity contribution in [3.05, 3.63) is 59.7 Å². The molecule has 2 aromatic rings. The van der Waals surface area contributed by atoms with E-state index < -0.39 is 0 Å². The van der Waals surface area contributed by atoms with Crippen molar-refractivity contribution < 1.29 is 9.90 Å². The van der Waals surface area contributed by atoms with Crippen molar-refractivity contribution in [2.45, 2.75) is 25.2 Å². The summed E-state index contributed by atoms with van der Waals surface area (Å²) in [5.74, 6) is 0.213. The van der Waals surface area contributed by atoms with Crippen molar-refractivity contribution in [1.82, 2.24) is 0 Å². The van der Waals surface area contributed by atoms with E-state index in [0.29, 0.717) is 11.3 Å². The lowest BCUT2D eigenvalue weighted by Gasteiger charge is -2.17. The first-order valence-corrected chi connectivity index (χ1v) is 6.79. The van der Waals surface area contributed by atoms with Gasteiger partial charge in [0.15, 0.2) is 0 Å². The predicted octanol–water partition coefficient (Wildman–Crippen LogP) is 3.37. The van der Waals surface area contributed by atoms with Crippen LogP contribution in [0.4, 0.5) is 5.69 Å². The largest absolute Gasteiger partial charge is 0.508 e. The summed E-state index contributed by atoms with van der Waals surface area (Å²) in [7, 11) is 0. The number of benzene rings is 2. The second-order valence-corrected chi connectivity index (χ2v) is 5.35. The van der Waals surface area contributed by atoms with Gasteiger partial charge >= 0.3 is 0 Å². The highest BCUT2D eigenvalue weighted by Crippen LogP contribution is 2.49. The number of anilines is 1. The summed E-state index contributed by atoms with van der Waals surface area (Å²) in [6, 6.07) is 15.0. The minimum Gasteiger partial charge on any atom is -0.508 e. The van der Waals surface area contributed by atoms with Gasteiger partial charge in [-0.1, -0.05) is 36.4 Å². The van der Waals surface area contributed by atoms with Gasteiger partial charge in [-0.2, -0.15) is 0 Å². The van der Waals surface area contributed by atoms with E-state index in [-0.39, 0.29) is 17.1 Å². The smallest absolute Gasteiger partial charge is 0.235 e. The van der Waals surface area contributed by atoms with E-state index in [1.165, 1.54) is 0 Å². The Balaban J connectivity index is 1.86. The molecule has 0 unspecified atom stereocenters. The standard InChI is InChI=1S/C17H17NO2/c1-12-14(8-5-9-15(12)19)18-16(20)17(10-11-17)13-6-3-2-4-7-13/h2-9,19H,10-11H2,1H3,(H,18,20). The number of nitrogens with one attached hydrogen (secondary N) is 1. The molecule has 3 rings (SSSR count). The van der Waals surface area contributed by atoms with E-state index >= 15 is 0 Å². The SMILES string of the molecule is Cc1c(O)cccc1NC(=O)C1(c2ccccc2)CC1. The third-order valence-corrected chi connectivity index (χ3v) is 4.06. The zero-order valence-electron chi connectivity index (χ0n) is 11.4. The Morgan fingerprint density at radius 1 is 1.10 bits per heavy atom. The fourth-order valence-electron chi connectivity index (χ4n) is 2.53. The van der Waals surface area contributed by atoms with Crippen molar-refractivity contribution >= 4 is 11.6 Å². The maximum Gasteiger partial charge on any atom is 0.235 e. The van der Waals surface area contributed by atoms with Gasteiger partial charge < -0.3 is 10.4 Å². The van der Waals surface area contributed by atoms with Gasteiger partial charge in [0.05, 0.1) is 5.41 Å².